The zero-order chi connectivity index (χ0) is 34.3. The van der Waals surface area contributed by atoms with Crippen molar-refractivity contribution in [2.75, 3.05) is 57.3 Å². The highest BCUT2D eigenvalue weighted by molar-refractivity contribution is 6.30. The molecule has 1 aromatic heterocycles. The van der Waals surface area contributed by atoms with Crippen molar-refractivity contribution >= 4 is 17.5 Å². The fourth-order valence-corrected chi connectivity index (χ4v) is 9.98. The highest BCUT2D eigenvalue weighted by Gasteiger charge is 2.51. The molecule has 264 valence electrons. The molecule has 2 aliphatic carbocycles. The van der Waals surface area contributed by atoms with Crippen LogP contribution in [0, 0.1) is 22.2 Å². The Labute approximate surface area is 303 Å². The maximum atomic E-state index is 9.40. The van der Waals surface area contributed by atoms with Crippen LogP contribution in [-0.4, -0.2) is 84.2 Å². The molecule has 2 aromatic carbocycles. The number of ether oxygens (including phenoxy) is 1. The molecule has 3 aliphatic heterocycles. The van der Waals surface area contributed by atoms with Gasteiger partial charge in [-0.05, 0) is 136 Å². The first-order valence-corrected chi connectivity index (χ1v) is 19.3. The van der Waals surface area contributed by atoms with Crippen molar-refractivity contribution in [3.05, 3.63) is 82.1 Å². The Morgan fingerprint density at radius 2 is 1.48 bits per heavy atom. The summed E-state index contributed by atoms with van der Waals surface area (Å²) in [6, 6.07) is 19.5. The highest BCUT2D eigenvalue weighted by Crippen LogP contribution is 2.54. The van der Waals surface area contributed by atoms with Crippen molar-refractivity contribution in [3.63, 3.8) is 0 Å². The molecule has 8 rings (SSSR count). The molecule has 0 atom stereocenters. The average Bonchev–Trinajstić information content (AvgIpc) is 3.12. The summed E-state index contributed by atoms with van der Waals surface area (Å²) in [4.78, 5) is 17.5. The van der Waals surface area contributed by atoms with Gasteiger partial charge in [0.2, 0.25) is 5.95 Å². The molecule has 5 aliphatic rings. The normalized spacial score (nSPS) is 24.0. The van der Waals surface area contributed by atoms with Crippen LogP contribution >= 0.6 is 11.6 Å². The number of likely N-dealkylation sites (tertiary alicyclic amines) is 1. The van der Waals surface area contributed by atoms with Crippen molar-refractivity contribution in [3.8, 4) is 11.8 Å². The first-order chi connectivity index (χ1) is 24.2. The second kappa shape index (κ2) is 13.7. The minimum atomic E-state index is -0.315. The van der Waals surface area contributed by atoms with Crippen molar-refractivity contribution < 1.29 is 4.74 Å². The molecule has 9 heteroatoms. The summed E-state index contributed by atoms with van der Waals surface area (Å²) in [6.07, 6.45) is 13.2. The average molecular weight is 694 g/mol. The molecule has 0 bridgehead atoms. The first-order valence-electron chi connectivity index (χ1n) is 18.9. The van der Waals surface area contributed by atoms with E-state index < -0.39 is 0 Å². The fourth-order valence-electron chi connectivity index (χ4n) is 9.74. The number of nitriles is 1. The van der Waals surface area contributed by atoms with Gasteiger partial charge in [-0.3, -0.25) is 4.90 Å². The topological polar surface area (TPSA) is 80.6 Å². The number of piperazine rings is 1. The van der Waals surface area contributed by atoms with Gasteiger partial charge in [0, 0.05) is 54.9 Å². The van der Waals surface area contributed by atoms with Crippen LogP contribution in [0.4, 0.5) is 5.95 Å². The van der Waals surface area contributed by atoms with Crippen LogP contribution in [-0.2, 0) is 12.0 Å². The lowest BCUT2D eigenvalue weighted by Gasteiger charge is -2.59. The lowest BCUT2D eigenvalue weighted by molar-refractivity contribution is -0.0820. The standard InChI is InChI=1S/C41H52ClN7O/c1-39(2,32-21-30(28-43)22-33(42)23-32)31-3-5-37(6-4-31)50-29-34-7-12-45-38(46-34)49-19-17-48(18-20-49)36-26-41(27-36)10-15-47(16-11-41)35-24-40(25-35)8-13-44-14-9-40/h3-7,12,21-23,35-36,44H,8-11,13-20,24-27,29H2,1-2H3. The van der Waals surface area contributed by atoms with Gasteiger partial charge in [-0.1, -0.05) is 37.6 Å². The van der Waals surface area contributed by atoms with Crippen LogP contribution in [0.1, 0.15) is 87.6 Å². The molecule has 8 nitrogen and oxygen atoms in total. The van der Waals surface area contributed by atoms with Crippen LogP contribution in [0.15, 0.2) is 54.7 Å². The van der Waals surface area contributed by atoms with Crippen LogP contribution in [0.5, 0.6) is 5.75 Å². The Hall–Kier alpha value is -3.22. The summed E-state index contributed by atoms with van der Waals surface area (Å²) in [6.45, 7) is 13.9. The Kier molecular flexibility index (Phi) is 9.31. The van der Waals surface area contributed by atoms with E-state index in [4.69, 9.17) is 21.3 Å². The molecule has 2 saturated carbocycles. The minimum Gasteiger partial charge on any atom is -0.487 e. The SMILES string of the molecule is CC(C)(c1ccc(OCc2ccnc(N3CCN(C4CC5(CCN(C6CC7(CCNCC7)C6)CC5)C4)CC3)n2)cc1)c1cc(Cl)cc(C#N)c1. The van der Waals surface area contributed by atoms with E-state index in [1.165, 1.54) is 77.5 Å². The van der Waals surface area contributed by atoms with E-state index in [0.717, 1.165) is 66.8 Å². The summed E-state index contributed by atoms with van der Waals surface area (Å²) >= 11 is 6.30. The van der Waals surface area contributed by atoms with Crippen molar-refractivity contribution in [1.82, 2.24) is 25.1 Å². The van der Waals surface area contributed by atoms with E-state index in [-0.39, 0.29) is 5.41 Å². The summed E-state index contributed by atoms with van der Waals surface area (Å²) in [5, 5.41) is 13.5. The van der Waals surface area contributed by atoms with Gasteiger partial charge in [0.05, 0.1) is 17.3 Å². The molecule has 0 radical (unpaired) electrons. The summed E-state index contributed by atoms with van der Waals surface area (Å²) in [5.74, 6) is 1.60. The van der Waals surface area contributed by atoms with Crippen molar-refractivity contribution in [1.29, 1.82) is 5.26 Å². The van der Waals surface area contributed by atoms with Gasteiger partial charge in [-0.25, -0.2) is 9.97 Å². The Morgan fingerprint density at radius 1 is 0.840 bits per heavy atom. The highest BCUT2D eigenvalue weighted by atomic mass is 35.5. The monoisotopic (exact) mass is 693 g/mol. The van der Waals surface area contributed by atoms with Gasteiger partial charge in [0.1, 0.15) is 12.4 Å². The number of piperidine rings is 2. The second-order valence-corrected chi connectivity index (χ2v) is 17.0. The first kappa shape index (κ1) is 33.9. The van der Waals surface area contributed by atoms with Gasteiger partial charge in [0.15, 0.2) is 0 Å². The maximum absolute atomic E-state index is 9.40. The molecule has 50 heavy (non-hydrogen) atoms. The van der Waals surface area contributed by atoms with E-state index >= 15 is 0 Å². The fraction of sp³-hybridized carbons (Fsp3) is 0.585. The molecule has 4 heterocycles. The Morgan fingerprint density at radius 3 is 2.14 bits per heavy atom. The molecule has 5 fully saturated rings. The number of benzene rings is 2. The molecule has 1 N–H and O–H groups in total. The number of nitrogens with zero attached hydrogens (tertiary/aromatic N) is 6. The van der Waals surface area contributed by atoms with Gasteiger partial charge < -0.3 is 19.9 Å². The van der Waals surface area contributed by atoms with Crippen LogP contribution in [0.3, 0.4) is 0 Å². The lowest BCUT2D eigenvalue weighted by atomic mass is 9.57. The van der Waals surface area contributed by atoms with Crippen LogP contribution in [0.25, 0.3) is 0 Å². The number of hydrogen-bond acceptors (Lipinski definition) is 8. The van der Waals surface area contributed by atoms with E-state index in [1.54, 1.807) is 6.07 Å². The number of halogens is 1. The number of nitrogens with one attached hydrogen (secondary N) is 1. The summed E-state index contributed by atoms with van der Waals surface area (Å²) < 4.78 is 6.16. The third kappa shape index (κ3) is 6.87. The number of rotatable bonds is 8. The molecule has 0 unspecified atom stereocenters. The number of anilines is 1. The number of aromatic nitrogens is 2. The molecule has 0 amide bonds. The molecule has 3 saturated heterocycles. The van der Waals surface area contributed by atoms with E-state index in [9.17, 15) is 5.26 Å². The third-order valence-electron chi connectivity index (χ3n) is 13.2. The predicted octanol–water partition coefficient (Wildman–Crippen LogP) is 6.81. The minimum absolute atomic E-state index is 0.315. The lowest BCUT2D eigenvalue weighted by Crippen LogP contribution is -2.61. The zero-order valence-corrected chi connectivity index (χ0v) is 30.6. The van der Waals surface area contributed by atoms with E-state index in [1.807, 2.05) is 36.5 Å². The van der Waals surface area contributed by atoms with Gasteiger partial charge in [0.25, 0.3) is 0 Å². The van der Waals surface area contributed by atoms with Crippen molar-refractivity contribution in [2.45, 2.75) is 89.3 Å². The van der Waals surface area contributed by atoms with E-state index in [0.29, 0.717) is 28.0 Å². The van der Waals surface area contributed by atoms with E-state index in [2.05, 4.69) is 57.0 Å². The van der Waals surface area contributed by atoms with Gasteiger partial charge >= 0.3 is 0 Å². The van der Waals surface area contributed by atoms with Crippen molar-refractivity contribution in [2.24, 2.45) is 10.8 Å². The second-order valence-electron chi connectivity index (χ2n) is 16.6. The Bertz CT molecular complexity index is 1680. The Balaban J connectivity index is 0.782. The van der Waals surface area contributed by atoms with Gasteiger partial charge in [-0.15, -0.1) is 0 Å². The summed E-state index contributed by atoms with van der Waals surface area (Å²) in [5.41, 5.74) is 4.56. The largest absolute Gasteiger partial charge is 0.487 e. The van der Waals surface area contributed by atoms with Crippen LogP contribution < -0.4 is 15.0 Å². The van der Waals surface area contributed by atoms with Crippen LogP contribution in [0.2, 0.25) is 5.02 Å². The number of hydrogen-bond donors (Lipinski definition) is 1. The maximum Gasteiger partial charge on any atom is 0.225 e. The van der Waals surface area contributed by atoms with Gasteiger partial charge in [-0.2, -0.15) is 5.26 Å². The smallest absolute Gasteiger partial charge is 0.225 e. The molecular weight excluding hydrogens is 642 g/mol. The zero-order valence-electron chi connectivity index (χ0n) is 29.8. The molecular formula is C41H52ClN7O. The third-order valence-corrected chi connectivity index (χ3v) is 13.5. The molecule has 2 spiro atoms. The molecule has 3 aromatic rings. The quantitative estimate of drug-likeness (QED) is 0.276. The predicted molar refractivity (Wildman–Crippen MR) is 199 cm³/mol. The summed E-state index contributed by atoms with van der Waals surface area (Å²) in [7, 11) is 0.